The van der Waals surface area contributed by atoms with Crippen LogP contribution in [0.1, 0.15) is 4.88 Å². The molecule has 102 valence electrons. The average molecular weight is 286 g/mol. The molecule has 0 aliphatic heterocycles. The van der Waals surface area contributed by atoms with Crippen LogP contribution < -0.4 is 10.6 Å². The fraction of sp³-hybridized carbons (Fsp3) is 0.133. The van der Waals surface area contributed by atoms with E-state index in [1.807, 2.05) is 35.7 Å². The number of thiophene rings is 1. The van der Waals surface area contributed by atoms with Gasteiger partial charge in [-0.2, -0.15) is 0 Å². The molecule has 0 spiro atoms. The summed E-state index contributed by atoms with van der Waals surface area (Å²) in [6, 6.07) is 11.3. The number of fused-ring (bicyclic) bond motifs is 1. The van der Waals surface area contributed by atoms with Gasteiger partial charge in [0.25, 0.3) is 0 Å². The lowest BCUT2D eigenvalue weighted by Crippen LogP contribution is -2.30. The second kappa shape index (κ2) is 5.79. The van der Waals surface area contributed by atoms with E-state index in [1.165, 1.54) is 4.88 Å². The summed E-state index contributed by atoms with van der Waals surface area (Å²) in [6.45, 7) is 0.619. The number of amides is 2. The van der Waals surface area contributed by atoms with Crippen LogP contribution in [-0.2, 0) is 6.42 Å². The van der Waals surface area contributed by atoms with E-state index in [9.17, 15) is 4.79 Å². The minimum atomic E-state index is -0.199. The van der Waals surface area contributed by atoms with E-state index in [4.69, 9.17) is 4.42 Å². The Balaban J connectivity index is 1.57. The van der Waals surface area contributed by atoms with Crippen molar-refractivity contribution in [2.75, 3.05) is 11.9 Å². The number of urea groups is 1. The Morgan fingerprint density at radius 3 is 3.00 bits per heavy atom. The molecule has 0 bridgehead atoms. The smallest absolute Gasteiger partial charge is 0.319 e. The molecule has 2 aromatic heterocycles. The SMILES string of the molecule is O=C(NCCc1cccs1)Nc1cccc2occc12. The lowest BCUT2D eigenvalue weighted by Gasteiger charge is -2.07. The predicted octanol–water partition coefficient (Wildman–Crippen LogP) is 3.86. The first-order valence-electron chi connectivity index (χ1n) is 6.36. The topological polar surface area (TPSA) is 54.3 Å². The highest BCUT2D eigenvalue weighted by Gasteiger charge is 2.06. The number of carbonyl (C=O) groups is 1. The van der Waals surface area contributed by atoms with Crippen molar-refractivity contribution in [3.05, 3.63) is 52.9 Å². The molecule has 0 aliphatic rings. The molecule has 0 radical (unpaired) electrons. The van der Waals surface area contributed by atoms with E-state index in [0.29, 0.717) is 6.54 Å². The maximum atomic E-state index is 11.9. The number of carbonyl (C=O) groups excluding carboxylic acids is 1. The summed E-state index contributed by atoms with van der Waals surface area (Å²) in [5, 5.41) is 8.64. The maximum Gasteiger partial charge on any atom is 0.319 e. The highest BCUT2D eigenvalue weighted by molar-refractivity contribution is 7.09. The van der Waals surface area contributed by atoms with Gasteiger partial charge < -0.3 is 15.1 Å². The van der Waals surface area contributed by atoms with Gasteiger partial charge in [-0.05, 0) is 36.1 Å². The standard InChI is InChI=1S/C15H14N2O2S/c18-15(16-8-6-11-3-2-10-20-11)17-13-4-1-5-14-12(13)7-9-19-14/h1-5,7,9-10H,6,8H2,(H2,16,17,18). The second-order valence-corrected chi connectivity index (χ2v) is 5.38. The van der Waals surface area contributed by atoms with Gasteiger partial charge in [-0.25, -0.2) is 4.79 Å². The van der Waals surface area contributed by atoms with Gasteiger partial charge in [0, 0.05) is 16.8 Å². The zero-order valence-electron chi connectivity index (χ0n) is 10.8. The fourth-order valence-electron chi connectivity index (χ4n) is 2.02. The van der Waals surface area contributed by atoms with Crippen LogP contribution in [0.15, 0.2) is 52.5 Å². The van der Waals surface area contributed by atoms with Crippen LogP contribution in [0.5, 0.6) is 0 Å². The van der Waals surface area contributed by atoms with E-state index >= 15 is 0 Å². The number of hydrogen-bond donors (Lipinski definition) is 2. The Bertz CT molecular complexity index is 704. The average Bonchev–Trinajstić information content (AvgIpc) is 3.09. The number of furan rings is 1. The highest BCUT2D eigenvalue weighted by atomic mass is 32.1. The number of benzene rings is 1. The summed E-state index contributed by atoms with van der Waals surface area (Å²) in [6.07, 6.45) is 2.46. The minimum absolute atomic E-state index is 0.199. The van der Waals surface area contributed by atoms with Crippen molar-refractivity contribution in [2.24, 2.45) is 0 Å². The summed E-state index contributed by atoms with van der Waals surface area (Å²) in [4.78, 5) is 13.1. The third kappa shape index (κ3) is 2.83. The van der Waals surface area contributed by atoms with Crippen LogP contribution in [0, 0.1) is 0 Å². The van der Waals surface area contributed by atoms with Gasteiger partial charge in [-0.15, -0.1) is 11.3 Å². The zero-order chi connectivity index (χ0) is 13.8. The van der Waals surface area contributed by atoms with Crippen molar-refractivity contribution in [3.63, 3.8) is 0 Å². The van der Waals surface area contributed by atoms with Crippen molar-refractivity contribution in [1.82, 2.24) is 5.32 Å². The van der Waals surface area contributed by atoms with Crippen LogP contribution in [-0.4, -0.2) is 12.6 Å². The molecular formula is C15H14N2O2S. The molecule has 5 heteroatoms. The molecule has 20 heavy (non-hydrogen) atoms. The number of anilines is 1. The molecule has 2 amide bonds. The first-order chi connectivity index (χ1) is 9.83. The van der Waals surface area contributed by atoms with E-state index < -0.39 is 0 Å². The van der Waals surface area contributed by atoms with Crippen molar-refractivity contribution in [1.29, 1.82) is 0 Å². The third-order valence-electron chi connectivity index (χ3n) is 2.98. The lowest BCUT2D eigenvalue weighted by atomic mass is 10.2. The summed E-state index contributed by atoms with van der Waals surface area (Å²) in [7, 11) is 0. The molecule has 1 aromatic carbocycles. The van der Waals surface area contributed by atoms with Crippen LogP contribution in [0.25, 0.3) is 11.0 Å². The van der Waals surface area contributed by atoms with Gasteiger partial charge in [0.1, 0.15) is 5.58 Å². The van der Waals surface area contributed by atoms with Crippen molar-refractivity contribution >= 4 is 34.0 Å². The van der Waals surface area contributed by atoms with E-state index in [0.717, 1.165) is 23.1 Å². The van der Waals surface area contributed by atoms with Gasteiger partial charge in [0.2, 0.25) is 0 Å². The van der Waals surface area contributed by atoms with Crippen molar-refractivity contribution in [3.8, 4) is 0 Å². The minimum Gasteiger partial charge on any atom is -0.464 e. The largest absolute Gasteiger partial charge is 0.464 e. The van der Waals surface area contributed by atoms with Gasteiger partial charge in [0.05, 0.1) is 12.0 Å². The highest BCUT2D eigenvalue weighted by Crippen LogP contribution is 2.23. The van der Waals surface area contributed by atoms with Gasteiger partial charge in [0.15, 0.2) is 0 Å². The van der Waals surface area contributed by atoms with Gasteiger partial charge in [-0.1, -0.05) is 12.1 Å². The van der Waals surface area contributed by atoms with Crippen LogP contribution in [0.4, 0.5) is 10.5 Å². The molecule has 0 unspecified atom stereocenters. The molecule has 0 fully saturated rings. The van der Waals surface area contributed by atoms with Gasteiger partial charge in [-0.3, -0.25) is 0 Å². The Morgan fingerprint density at radius 2 is 2.15 bits per heavy atom. The molecule has 3 rings (SSSR count). The Morgan fingerprint density at radius 1 is 1.20 bits per heavy atom. The first kappa shape index (κ1) is 12.7. The number of nitrogens with one attached hydrogen (secondary N) is 2. The molecule has 2 N–H and O–H groups in total. The monoisotopic (exact) mass is 286 g/mol. The van der Waals surface area contributed by atoms with Crippen LogP contribution in [0.2, 0.25) is 0 Å². The fourth-order valence-corrected chi connectivity index (χ4v) is 2.73. The summed E-state index contributed by atoms with van der Waals surface area (Å²) in [5.41, 5.74) is 1.52. The summed E-state index contributed by atoms with van der Waals surface area (Å²) >= 11 is 1.70. The number of hydrogen-bond acceptors (Lipinski definition) is 3. The van der Waals surface area contributed by atoms with E-state index in [1.54, 1.807) is 17.6 Å². The molecule has 0 atom stereocenters. The predicted molar refractivity (Wildman–Crippen MR) is 81.3 cm³/mol. The quantitative estimate of drug-likeness (QED) is 0.765. The Kier molecular flexibility index (Phi) is 3.69. The summed E-state index contributed by atoms with van der Waals surface area (Å²) in [5.74, 6) is 0. The van der Waals surface area contributed by atoms with E-state index in [-0.39, 0.29) is 6.03 Å². The zero-order valence-corrected chi connectivity index (χ0v) is 11.6. The second-order valence-electron chi connectivity index (χ2n) is 4.35. The maximum absolute atomic E-state index is 11.9. The summed E-state index contributed by atoms with van der Waals surface area (Å²) < 4.78 is 5.30. The molecular weight excluding hydrogens is 272 g/mol. The molecule has 4 nitrogen and oxygen atoms in total. The molecule has 0 aliphatic carbocycles. The first-order valence-corrected chi connectivity index (χ1v) is 7.24. The normalized spacial score (nSPS) is 10.6. The molecule has 3 aromatic rings. The van der Waals surface area contributed by atoms with Crippen molar-refractivity contribution in [2.45, 2.75) is 6.42 Å². The molecule has 0 saturated carbocycles. The van der Waals surface area contributed by atoms with Crippen LogP contribution >= 0.6 is 11.3 Å². The lowest BCUT2D eigenvalue weighted by molar-refractivity contribution is 0.252. The Labute approximate surface area is 120 Å². The van der Waals surface area contributed by atoms with Crippen LogP contribution in [0.3, 0.4) is 0 Å². The molecule has 0 saturated heterocycles. The van der Waals surface area contributed by atoms with Crippen molar-refractivity contribution < 1.29 is 9.21 Å². The Hall–Kier alpha value is -2.27. The van der Waals surface area contributed by atoms with Gasteiger partial charge >= 0.3 is 6.03 Å². The third-order valence-corrected chi connectivity index (χ3v) is 3.92. The van der Waals surface area contributed by atoms with E-state index in [2.05, 4.69) is 16.7 Å². The number of rotatable bonds is 4. The molecule has 2 heterocycles.